The van der Waals surface area contributed by atoms with Crippen LogP contribution in [0.4, 0.5) is 0 Å². The molecule has 7 heteroatoms. The number of methoxy groups -OCH3 is 1. The lowest BCUT2D eigenvalue weighted by atomic mass is 10.1. The molecule has 1 saturated heterocycles. The fourth-order valence-electron chi connectivity index (χ4n) is 3.86. The van der Waals surface area contributed by atoms with E-state index in [9.17, 15) is 4.79 Å². The van der Waals surface area contributed by atoms with Gasteiger partial charge >= 0.3 is 0 Å². The summed E-state index contributed by atoms with van der Waals surface area (Å²) in [5.41, 5.74) is 1.54. The van der Waals surface area contributed by atoms with Gasteiger partial charge < -0.3 is 19.1 Å². The largest absolute Gasteiger partial charge is 0.493 e. The zero-order valence-corrected chi connectivity index (χ0v) is 16.3. The minimum absolute atomic E-state index is 0.00379. The Morgan fingerprint density at radius 2 is 2.11 bits per heavy atom. The highest BCUT2D eigenvalue weighted by Gasteiger charge is 2.34. The predicted octanol–water partition coefficient (Wildman–Crippen LogP) is 4.05. The Balaban J connectivity index is 1.48. The summed E-state index contributed by atoms with van der Waals surface area (Å²) in [5, 5.41) is 0.997. The second-order valence-electron chi connectivity index (χ2n) is 6.88. The molecule has 28 heavy (non-hydrogen) atoms. The van der Waals surface area contributed by atoms with Crippen molar-refractivity contribution in [2.45, 2.75) is 18.9 Å². The molecule has 1 atom stereocenters. The van der Waals surface area contributed by atoms with Crippen LogP contribution in [0.5, 0.6) is 17.2 Å². The number of ether oxygens (including phenoxy) is 3. The Kier molecular flexibility index (Phi) is 4.31. The third-order valence-corrected chi connectivity index (χ3v) is 6.32. The first-order chi connectivity index (χ1) is 13.7. The molecule has 2 aliphatic rings. The Hall–Kier alpha value is -2.80. The lowest BCUT2D eigenvalue weighted by Crippen LogP contribution is -2.30. The van der Waals surface area contributed by atoms with Gasteiger partial charge in [0.2, 0.25) is 5.75 Å². The maximum atomic E-state index is 13.4. The Labute approximate surface area is 166 Å². The van der Waals surface area contributed by atoms with Crippen molar-refractivity contribution in [3.05, 3.63) is 47.0 Å². The number of benzene rings is 2. The first kappa shape index (κ1) is 17.3. The highest BCUT2D eigenvalue weighted by Crippen LogP contribution is 2.42. The number of carbonyl (C=O) groups is 1. The first-order valence-corrected chi connectivity index (χ1v) is 10.2. The molecule has 0 bridgehead atoms. The molecule has 0 saturated carbocycles. The molecule has 3 aromatic rings. The lowest BCUT2D eigenvalue weighted by Gasteiger charge is -2.25. The topological polar surface area (TPSA) is 60.9 Å². The van der Waals surface area contributed by atoms with Gasteiger partial charge in [-0.2, -0.15) is 0 Å². The van der Waals surface area contributed by atoms with E-state index in [4.69, 9.17) is 19.2 Å². The fraction of sp³-hybridized carbons (Fsp3) is 0.333. The van der Waals surface area contributed by atoms with Crippen LogP contribution in [-0.2, 0) is 0 Å². The summed E-state index contributed by atoms with van der Waals surface area (Å²) in [4.78, 5) is 20.1. The number of para-hydroxylation sites is 1. The number of fused-ring (bicyclic) bond motifs is 2. The molecule has 6 nitrogen and oxygen atoms in total. The van der Waals surface area contributed by atoms with Crippen molar-refractivity contribution in [2.24, 2.45) is 0 Å². The van der Waals surface area contributed by atoms with Crippen LogP contribution in [0.15, 0.2) is 36.4 Å². The van der Waals surface area contributed by atoms with Gasteiger partial charge in [-0.3, -0.25) is 4.79 Å². The molecule has 1 aromatic heterocycles. The van der Waals surface area contributed by atoms with Crippen LogP contribution in [-0.4, -0.2) is 42.7 Å². The minimum Gasteiger partial charge on any atom is -0.493 e. The highest BCUT2D eigenvalue weighted by atomic mass is 32.1. The van der Waals surface area contributed by atoms with E-state index in [-0.39, 0.29) is 11.9 Å². The standard InChI is InChI=1S/C21H20N2O4S/c1-25-16-11-13(12-17-19(16)27-10-9-26-17)21(24)23-8-4-6-15(23)20-22-14-5-2-3-7-18(14)28-20/h2-3,5,7,11-12,15H,4,6,8-10H2,1H3/t15-/m0/s1. The van der Waals surface area contributed by atoms with Crippen molar-refractivity contribution in [3.8, 4) is 17.2 Å². The molecular formula is C21H20N2O4S. The van der Waals surface area contributed by atoms with Gasteiger partial charge in [0.25, 0.3) is 5.91 Å². The molecule has 2 aliphatic heterocycles. The van der Waals surface area contributed by atoms with Gasteiger partial charge in [0, 0.05) is 12.1 Å². The van der Waals surface area contributed by atoms with Gasteiger partial charge in [-0.1, -0.05) is 12.1 Å². The van der Waals surface area contributed by atoms with Crippen molar-refractivity contribution in [3.63, 3.8) is 0 Å². The van der Waals surface area contributed by atoms with Crippen LogP contribution in [0.2, 0.25) is 0 Å². The quantitative estimate of drug-likeness (QED) is 0.668. The Morgan fingerprint density at radius 1 is 1.25 bits per heavy atom. The smallest absolute Gasteiger partial charge is 0.254 e. The molecule has 0 spiro atoms. The van der Waals surface area contributed by atoms with Gasteiger partial charge in [0.15, 0.2) is 11.5 Å². The first-order valence-electron chi connectivity index (χ1n) is 9.38. The number of hydrogen-bond acceptors (Lipinski definition) is 6. The minimum atomic E-state index is -0.0305. The summed E-state index contributed by atoms with van der Waals surface area (Å²) in [6, 6.07) is 11.6. The second-order valence-corrected chi connectivity index (χ2v) is 7.94. The molecular weight excluding hydrogens is 376 g/mol. The molecule has 2 aromatic carbocycles. The van der Waals surface area contributed by atoms with Crippen molar-refractivity contribution in [1.29, 1.82) is 0 Å². The monoisotopic (exact) mass is 396 g/mol. The Morgan fingerprint density at radius 3 is 2.96 bits per heavy atom. The van der Waals surface area contributed by atoms with Crippen molar-refractivity contribution in [2.75, 3.05) is 26.9 Å². The van der Waals surface area contributed by atoms with E-state index in [0.717, 1.165) is 34.6 Å². The van der Waals surface area contributed by atoms with Gasteiger partial charge in [0.1, 0.15) is 18.2 Å². The highest BCUT2D eigenvalue weighted by molar-refractivity contribution is 7.18. The van der Waals surface area contributed by atoms with Gasteiger partial charge in [0.05, 0.1) is 23.4 Å². The molecule has 0 radical (unpaired) electrons. The van der Waals surface area contributed by atoms with E-state index < -0.39 is 0 Å². The zero-order chi connectivity index (χ0) is 19.1. The third kappa shape index (κ3) is 2.86. The number of aromatic nitrogens is 1. The number of amides is 1. The van der Waals surface area contributed by atoms with Crippen LogP contribution >= 0.6 is 11.3 Å². The maximum Gasteiger partial charge on any atom is 0.254 e. The van der Waals surface area contributed by atoms with E-state index in [2.05, 4.69) is 6.07 Å². The number of carbonyl (C=O) groups excluding carboxylic acids is 1. The van der Waals surface area contributed by atoms with E-state index in [1.54, 1.807) is 30.6 Å². The average Bonchev–Trinajstić information content (AvgIpc) is 3.39. The molecule has 0 aliphatic carbocycles. The fourth-order valence-corrected chi connectivity index (χ4v) is 4.98. The third-order valence-electron chi connectivity index (χ3n) is 5.18. The van der Waals surface area contributed by atoms with E-state index in [1.807, 2.05) is 23.1 Å². The van der Waals surface area contributed by atoms with E-state index >= 15 is 0 Å². The van der Waals surface area contributed by atoms with Crippen LogP contribution < -0.4 is 14.2 Å². The number of nitrogens with zero attached hydrogens (tertiary/aromatic N) is 2. The van der Waals surface area contributed by atoms with Crippen LogP contribution in [0, 0.1) is 0 Å². The summed E-state index contributed by atoms with van der Waals surface area (Å²) < 4.78 is 17.9. The number of likely N-dealkylation sites (tertiary alicyclic amines) is 1. The molecule has 5 rings (SSSR count). The maximum absolute atomic E-state index is 13.4. The summed E-state index contributed by atoms with van der Waals surface area (Å²) in [6.07, 6.45) is 1.89. The van der Waals surface area contributed by atoms with E-state index in [0.29, 0.717) is 36.0 Å². The summed E-state index contributed by atoms with van der Waals surface area (Å²) in [5.74, 6) is 1.62. The number of rotatable bonds is 3. The number of thiazole rings is 1. The van der Waals surface area contributed by atoms with Crippen LogP contribution in [0.25, 0.3) is 10.2 Å². The van der Waals surface area contributed by atoms with Crippen molar-refractivity contribution in [1.82, 2.24) is 9.88 Å². The van der Waals surface area contributed by atoms with Crippen LogP contribution in [0.1, 0.15) is 34.2 Å². The molecule has 0 unspecified atom stereocenters. The summed E-state index contributed by atoms with van der Waals surface area (Å²) in [7, 11) is 1.57. The van der Waals surface area contributed by atoms with E-state index in [1.165, 1.54) is 0 Å². The number of hydrogen-bond donors (Lipinski definition) is 0. The molecule has 3 heterocycles. The Bertz CT molecular complexity index is 998. The van der Waals surface area contributed by atoms with Gasteiger partial charge in [-0.25, -0.2) is 4.98 Å². The second kappa shape index (κ2) is 6.98. The predicted molar refractivity (Wildman–Crippen MR) is 107 cm³/mol. The normalized spacial score (nSPS) is 18.5. The molecule has 1 fully saturated rings. The van der Waals surface area contributed by atoms with Crippen molar-refractivity contribution >= 4 is 27.5 Å². The molecule has 144 valence electrons. The van der Waals surface area contributed by atoms with Crippen LogP contribution in [0.3, 0.4) is 0 Å². The summed E-state index contributed by atoms with van der Waals surface area (Å²) >= 11 is 1.67. The molecule has 1 amide bonds. The average molecular weight is 396 g/mol. The van der Waals surface area contributed by atoms with Crippen molar-refractivity contribution < 1.29 is 19.0 Å². The molecule has 0 N–H and O–H groups in total. The van der Waals surface area contributed by atoms with Gasteiger partial charge in [-0.05, 0) is 37.1 Å². The lowest BCUT2D eigenvalue weighted by molar-refractivity contribution is 0.0733. The zero-order valence-electron chi connectivity index (χ0n) is 15.5. The SMILES string of the molecule is COc1cc(C(=O)N2CCC[C@H]2c2nc3ccccc3s2)cc2c1OCCO2. The van der Waals surface area contributed by atoms with Gasteiger partial charge in [-0.15, -0.1) is 11.3 Å². The summed E-state index contributed by atoms with van der Waals surface area (Å²) in [6.45, 7) is 1.66.